The highest BCUT2D eigenvalue weighted by molar-refractivity contribution is 6.08. The van der Waals surface area contributed by atoms with Crippen LogP contribution in [0.3, 0.4) is 0 Å². The number of hydrogen-bond acceptors (Lipinski definition) is 4. The topological polar surface area (TPSA) is 75.7 Å². The van der Waals surface area contributed by atoms with Gasteiger partial charge in [0.15, 0.2) is 0 Å². The molecular weight excluding hydrogens is 320 g/mol. The zero-order valence-electron chi connectivity index (χ0n) is 13.7. The highest BCUT2D eigenvalue weighted by atomic mass is 16.5. The molecule has 6 rings (SSSR count). The molecule has 1 aromatic rings. The Balaban J connectivity index is 1.37. The molecule has 2 saturated carbocycles. The van der Waals surface area contributed by atoms with Crippen LogP contribution in [0, 0.1) is 35.5 Å². The van der Waals surface area contributed by atoms with E-state index < -0.39 is 5.91 Å². The molecule has 6 nitrogen and oxygen atoms in total. The number of methoxy groups -OCH3 is 1. The van der Waals surface area contributed by atoms with Crippen molar-refractivity contribution < 1.29 is 19.1 Å². The largest absolute Gasteiger partial charge is 0.497 e. The van der Waals surface area contributed by atoms with Crippen molar-refractivity contribution in [3.8, 4) is 5.75 Å². The lowest BCUT2D eigenvalue weighted by Gasteiger charge is -2.37. The monoisotopic (exact) mass is 338 g/mol. The molecule has 25 heavy (non-hydrogen) atoms. The van der Waals surface area contributed by atoms with E-state index in [4.69, 9.17) is 4.74 Å². The Bertz CT molecular complexity index is 779. The van der Waals surface area contributed by atoms with Crippen LogP contribution in [0.4, 0.5) is 0 Å². The lowest BCUT2D eigenvalue weighted by atomic mass is 9.63. The first-order valence-corrected chi connectivity index (χ1v) is 8.61. The second-order valence-corrected chi connectivity index (χ2v) is 7.34. The molecule has 0 radical (unpaired) electrons. The third kappa shape index (κ3) is 1.94. The smallest absolute Gasteiger partial charge is 0.270 e. The van der Waals surface area contributed by atoms with Gasteiger partial charge in [-0.25, -0.2) is 0 Å². The predicted molar refractivity (Wildman–Crippen MR) is 87.0 cm³/mol. The average molecular weight is 338 g/mol. The maximum Gasteiger partial charge on any atom is 0.270 e. The van der Waals surface area contributed by atoms with Crippen molar-refractivity contribution in [1.29, 1.82) is 0 Å². The molecule has 4 aliphatic carbocycles. The fourth-order valence-electron chi connectivity index (χ4n) is 4.98. The summed E-state index contributed by atoms with van der Waals surface area (Å²) in [4.78, 5) is 38.1. The summed E-state index contributed by atoms with van der Waals surface area (Å²) in [5, 5.41) is 0.958. The fraction of sp³-hybridized carbons (Fsp3) is 0.421. The maximum absolute atomic E-state index is 12.8. The molecule has 5 aliphatic rings. The van der Waals surface area contributed by atoms with Crippen molar-refractivity contribution in [2.24, 2.45) is 35.5 Å². The molecule has 0 aromatic heterocycles. The molecule has 1 N–H and O–H groups in total. The molecule has 0 spiro atoms. The first-order chi connectivity index (χ1) is 12.1. The normalized spacial score (nSPS) is 36.9. The zero-order valence-corrected chi connectivity index (χ0v) is 13.7. The van der Waals surface area contributed by atoms with Gasteiger partial charge in [0.05, 0.1) is 18.9 Å². The highest BCUT2D eigenvalue weighted by Crippen LogP contribution is 2.65. The number of rotatable bonds is 3. The number of nitrogens with zero attached hydrogens (tertiary/aromatic N) is 1. The molecule has 3 fully saturated rings. The number of imide groups is 1. The van der Waals surface area contributed by atoms with Gasteiger partial charge >= 0.3 is 0 Å². The summed E-state index contributed by atoms with van der Waals surface area (Å²) in [6, 6.07) is 6.54. The lowest BCUT2D eigenvalue weighted by molar-refractivity contribution is -0.143. The molecule has 6 atom stereocenters. The van der Waals surface area contributed by atoms with Crippen LogP contribution in [0.15, 0.2) is 36.4 Å². The van der Waals surface area contributed by atoms with Crippen LogP contribution in [0.25, 0.3) is 0 Å². The van der Waals surface area contributed by atoms with E-state index >= 15 is 0 Å². The van der Waals surface area contributed by atoms with Gasteiger partial charge in [0, 0.05) is 5.56 Å². The molecule has 1 aromatic carbocycles. The molecule has 128 valence electrons. The first kappa shape index (κ1) is 14.7. The third-order valence-electron chi connectivity index (χ3n) is 6.23. The summed E-state index contributed by atoms with van der Waals surface area (Å²) in [6.07, 6.45) is 5.34. The number of carbonyl (C=O) groups is 3. The number of carbonyl (C=O) groups excluding carboxylic acids is 3. The van der Waals surface area contributed by atoms with Gasteiger partial charge in [-0.1, -0.05) is 12.2 Å². The second-order valence-electron chi connectivity index (χ2n) is 7.34. The van der Waals surface area contributed by atoms with E-state index in [2.05, 4.69) is 17.6 Å². The average Bonchev–Trinajstić information content (AvgIpc) is 3.43. The molecule has 1 heterocycles. The Kier molecular flexibility index (Phi) is 2.90. The van der Waals surface area contributed by atoms with Crippen molar-refractivity contribution in [2.45, 2.75) is 6.42 Å². The van der Waals surface area contributed by atoms with Gasteiger partial charge in [-0.15, -0.1) is 0 Å². The van der Waals surface area contributed by atoms with Gasteiger partial charge < -0.3 is 4.74 Å². The predicted octanol–water partition coefficient (Wildman–Crippen LogP) is 1.39. The quantitative estimate of drug-likeness (QED) is 0.668. The summed E-state index contributed by atoms with van der Waals surface area (Å²) in [6.45, 7) is 0. The summed E-state index contributed by atoms with van der Waals surface area (Å²) >= 11 is 0. The van der Waals surface area contributed by atoms with E-state index in [1.807, 2.05) is 0 Å². The molecule has 2 bridgehead atoms. The molecule has 3 amide bonds. The van der Waals surface area contributed by atoms with Gasteiger partial charge in [-0.3, -0.25) is 19.8 Å². The maximum atomic E-state index is 12.8. The van der Waals surface area contributed by atoms with Crippen LogP contribution < -0.4 is 10.2 Å². The number of ether oxygens (including phenoxy) is 1. The van der Waals surface area contributed by atoms with Crippen LogP contribution >= 0.6 is 0 Å². The summed E-state index contributed by atoms with van der Waals surface area (Å²) < 4.78 is 5.07. The zero-order chi connectivity index (χ0) is 17.3. The van der Waals surface area contributed by atoms with E-state index in [0.717, 1.165) is 11.4 Å². The van der Waals surface area contributed by atoms with Crippen LogP contribution in [-0.2, 0) is 9.59 Å². The molecular formula is C19H18N2O4. The summed E-state index contributed by atoms with van der Waals surface area (Å²) in [7, 11) is 1.55. The molecule has 6 heteroatoms. The van der Waals surface area contributed by atoms with Crippen LogP contribution in [0.2, 0.25) is 0 Å². The van der Waals surface area contributed by atoms with E-state index in [0.29, 0.717) is 23.1 Å². The van der Waals surface area contributed by atoms with Crippen molar-refractivity contribution in [1.82, 2.24) is 10.4 Å². The molecule has 0 unspecified atom stereocenters. The van der Waals surface area contributed by atoms with E-state index in [-0.39, 0.29) is 35.5 Å². The lowest BCUT2D eigenvalue weighted by Crippen LogP contribution is -2.46. The van der Waals surface area contributed by atoms with Crippen LogP contribution in [0.1, 0.15) is 16.8 Å². The number of allylic oxidation sites excluding steroid dienone is 2. The van der Waals surface area contributed by atoms with Crippen molar-refractivity contribution in [2.75, 3.05) is 7.11 Å². The number of amides is 3. The van der Waals surface area contributed by atoms with Crippen LogP contribution in [-0.4, -0.2) is 29.8 Å². The Morgan fingerprint density at radius 3 is 2.12 bits per heavy atom. The van der Waals surface area contributed by atoms with Gasteiger partial charge in [0.1, 0.15) is 5.75 Å². The van der Waals surface area contributed by atoms with Crippen molar-refractivity contribution in [3.05, 3.63) is 42.0 Å². The second kappa shape index (κ2) is 4.94. The number of benzene rings is 1. The number of hydrogen-bond donors (Lipinski definition) is 1. The highest BCUT2D eigenvalue weighted by Gasteiger charge is 2.67. The van der Waals surface area contributed by atoms with Gasteiger partial charge in [-0.05, 0) is 54.4 Å². The first-order valence-electron chi connectivity index (χ1n) is 8.61. The van der Waals surface area contributed by atoms with E-state index in [9.17, 15) is 14.4 Å². The fourth-order valence-corrected chi connectivity index (χ4v) is 4.98. The molecule has 1 aliphatic heterocycles. The third-order valence-corrected chi connectivity index (χ3v) is 6.23. The van der Waals surface area contributed by atoms with Gasteiger partial charge in [0.25, 0.3) is 17.7 Å². The number of hydrazine groups is 1. The van der Waals surface area contributed by atoms with E-state index in [1.165, 1.54) is 0 Å². The summed E-state index contributed by atoms with van der Waals surface area (Å²) in [5.41, 5.74) is 2.89. The van der Waals surface area contributed by atoms with Crippen LogP contribution in [0.5, 0.6) is 5.75 Å². The SMILES string of the molecule is COc1ccc(C(=O)NN2C(=O)[C@@H]3[C@H]4C=C[C@@H]([C@@H]5C[C@@H]45)[C@H]3C2=O)cc1. The minimum Gasteiger partial charge on any atom is -0.497 e. The van der Waals surface area contributed by atoms with Crippen molar-refractivity contribution in [3.63, 3.8) is 0 Å². The van der Waals surface area contributed by atoms with Gasteiger partial charge in [-0.2, -0.15) is 5.01 Å². The van der Waals surface area contributed by atoms with Gasteiger partial charge in [0.2, 0.25) is 0 Å². The number of nitrogens with one attached hydrogen (secondary N) is 1. The minimum absolute atomic E-state index is 0.152. The standard InChI is InChI=1S/C19H18N2O4/c1-25-10-4-2-9(3-5-10)17(22)20-21-18(23)15-11-6-7-12(14-8-13(11)14)16(15)19(21)24/h2-7,11-16H,8H2,1H3,(H,20,22)/t11-,12-,13-,14-,15+,16+/m0/s1. The minimum atomic E-state index is -0.464. The Morgan fingerprint density at radius 2 is 1.60 bits per heavy atom. The Morgan fingerprint density at radius 1 is 1.04 bits per heavy atom. The summed E-state index contributed by atoms with van der Waals surface area (Å²) in [5.74, 6) is 0.438. The Labute approximate surface area is 144 Å². The Hall–Kier alpha value is -2.63. The van der Waals surface area contributed by atoms with Crippen molar-refractivity contribution >= 4 is 17.7 Å². The molecule has 1 saturated heterocycles. The van der Waals surface area contributed by atoms with E-state index in [1.54, 1.807) is 31.4 Å².